The molecule has 3 nitrogen and oxygen atoms in total. The van der Waals surface area contributed by atoms with Gasteiger partial charge in [-0.05, 0) is 24.6 Å². The number of benzene rings is 1. The molecule has 0 fully saturated rings. The van der Waals surface area contributed by atoms with Gasteiger partial charge in [-0.2, -0.15) is 4.98 Å². The highest BCUT2D eigenvalue weighted by molar-refractivity contribution is 9.10. The van der Waals surface area contributed by atoms with Crippen LogP contribution >= 0.6 is 15.9 Å². The van der Waals surface area contributed by atoms with E-state index in [1.165, 1.54) is 12.0 Å². The Bertz CT molecular complexity index is 412. The SMILES string of the molecule is Cc1ccc(-c2ncon2)c(Br)c1. The minimum atomic E-state index is 0.604. The number of halogens is 1. The van der Waals surface area contributed by atoms with Crippen molar-refractivity contribution in [2.24, 2.45) is 0 Å². The zero-order chi connectivity index (χ0) is 9.26. The topological polar surface area (TPSA) is 38.9 Å². The summed E-state index contributed by atoms with van der Waals surface area (Å²) in [5.74, 6) is 0.604. The average Bonchev–Trinajstić information content (AvgIpc) is 2.56. The second-order valence-electron chi connectivity index (χ2n) is 2.74. The molecule has 0 spiro atoms. The average molecular weight is 239 g/mol. The smallest absolute Gasteiger partial charge is 0.214 e. The Balaban J connectivity index is 2.53. The lowest BCUT2D eigenvalue weighted by atomic mass is 10.1. The second kappa shape index (κ2) is 3.30. The largest absolute Gasteiger partial charge is 0.342 e. The summed E-state index contributed by atoms with van der Waals surface area (Å²) >= 11 is 3.45. The van der Waals surface area contributed by atoms with E-state index in [1.807, 2.05) is 25.1 Å². The molecule has 66 valence electrons. The molecular weight excluding hydrogens is 232 g/mol. The van der Waals surface area contributed by atoms with Crippen LogP contribution in [0.25, 0.3) is 11.4 Å². The molecule has 13 heavy (non-hydrogen) atoms. The molecule has 0 aliphatic heterocycles. The van der Waals surface area contributed by atoms with Crippen LogP contribution in [0.2, 0.25) is 0 Å². The number of nitrogens with zero attached hydrogens (tertiary/aromatic N) is 2. The summed E-state index contributed by atoms with van der Waals surface area (Å²) in [5, 5.41) is 3.76. The van der Waals surface area contributed by atoms with Crippen molar-refractivity contribution in [3.8, 4) is 11.4 Å². The van der Waals surface area contributed by atoms with Gasteiger partial charge in [0.25, 0.3) is 0 Å². The van der Waals surface area contributed by atoms with Gasteiger partial charge in [0, 0.05) is 10.0 Å². The van der Waals surface area contributed by atoms with E-state index in [2.05, 4.69) is 30.6 Å². The summed E-state index contributed by atoms with van der Waals surface area (Å²) in [6, 6.07) is 5.99. The first-order valence-electron chi connectivity index (χ1n) is 3.80. The molecular formula is C9H7BrN2O. The van der Waals surface area contributed by atoms with E-state index in [0.29, 0.717) is 5.82 Å². The summed E-state index contributed by atoms with van der Waals surface area (Å²) in [4.78, 5) is 3.97. The minimum absolute atomic E-state index is 0.604. The maximum absolute atomic E-state index is 4.67. The standard InChI is InChI=1S/C9H7BrN2O/c1-6-2-3-7(8(10)4-6)9-11-5-13-12-9/h2-5H,1H3. The predicted molar refractivity (Wildman–Crippen MR) is 52.2 cm³/mol. The number of hydrogen-bond donors (Lipinski definition) is 0. The molecule has 0 bridgehead atoms. The lowest BCUT2D eigenvalue weighted by Crippen LogP contribution is -1.83. The van der Waals surface area contributed by atoms with Crippen LogP contribution in [0, 0.1) is 6.92 Å². The fourth-order valence-corrected chi connectivity index (χ4v) is 1.76. The highest BCUT2D eigenvalue weighted by Crippen LogP contribution is 2.25. The third-order valence-electron chi connectivity index (χ3n) is 1.73. The highest BCUT2D eigenvalue weighted by Gasteiger charge is 2.06. The Morgan fingerprint density at radius 3 is 2.85 bits per heavy atom. The molecule has 1 aromatic heterocycles. The van der Waals surface area contributed by atoms with Gasteiger partial charge in [0.2, 0.25) is 12.2 Å². The van der Waals surface area contributed by atoms with Gasteiger partial charge in [-0.1, -0.05) is 27.2 Å². The predicted octanol–water partition coefficient (Wildman–Crippen LogP) is 2.81. The van der Waals surface area contributed by atoms with Gasteiger partial charge in [0.15, 0.2) is 0 Å². The molecule has 0 N–H and O–H groups in total. The third kappa shape index (κ3) is 1.62. The Kier molecular flexibility index (Phi) is 2.14. The van der Waals surface area contributed by atoms with Crippen molar-refractivity contribution < 1.29 is 4.52 Å². The summed E-state index contributed by atoms with van der Waals surface area (Å²) in [6.45, 7) is 2.03. The van der Waals surface area contributed by atoms with E-state index in [9.17, 15) is 0 Å². The van der Waals surface area contributed by atoms with Crippen LogP contribution in [0.15, 0.2) is 33.6 Å². The molecule has 0 saturated carbocycles. The first kappa shape index (κ1) is 8.44. The molecule has 0 unspecified atom stereocenters. The van der Waals surface area contributed by atoms with E-state index >= 15 is 0 Å². The molecule has 2 aromatic rings. The van der Waals surface area contributed by atoms with Gasteiger partial charge in [0.05, 0.1) is 0 Å². The third-order valence-corrected chi connectivity index (χ3v) is 2.38. The fourth-order valence-electron chi connectivity index (χ4n) is 1.09. The van der Waals surface area contributed by atoms with Crippen LogP contribution < -0.4 is 0 Å². The van der Waals surface area contributed by atoms with Crippen molar-refractivity contribution in [3.63, 3.8) is 0 Å². The molecule has 0 saturated heterocycles. The monoisotopic (exact) mass is 238 g/mol. The Labute approximate surface area is 83.9 Å². The van der Waals surface area contributed by atoms with Crippen molar-refractivity contribution in [2.45, 2.75) is 6.92 Å². The van der Waals surface area contributed by atoms with Crippen LogP contribution in [0.4, 0.5) is 0 Å². The Morgan fingerprint density at radius 2 is 2.23 bits per heavy atom. The Hall–Kier alpha value is -1.16. The molecule has 0 aliphatic rings. The number of hydrogen-bond acceptors (Lipinski definition) is 3. The second-order valence-corrected chi connectivity index (χ2v) is 3.59. The van der Waals surface area contributed by atoms with Crippen molar-refractivity contribution in [1.82, 2.24) is 10.1 Å². The Morgan fingerprint density at radius 1 is 1.38 bits per heavy atom. The first-order chi connectivity index (χ1) is 6.27. The van der Waals surface area contributed by atoms with Gasteiger partial charge in [-0.3, -0.25) is 0 Å². The van der Waals surface area contributed by atoms with Crippen LogP contribution in [0.1, 0.15) is 5.56 Å². The molecule has 0 radical (unpaired) electrons. The molecule has 4 heteroatoms. The van der Waals surface area contributed by atoms with E-state index in [-0.39, 0.29) is 0 Å². The van der Waals surface area contributed by atoms with Crippen LogP contribution in [0.3, 0.4) is 0 Å². The van der Waals surface area contributed by atoms with E-state index in [0.717, 1.165) is 10.0 Å². The minimum Gasteiger partial charge on any atom is -0.342 e. The maximum atomic E-state index is 4.67. The van der Waals surface area contributed by atoms with Crippen molar-refractivity contribution in [1.29, 1.82) is 0 Å². The summed E-state index contributed by atoms with van der Waals surface area (Å²) < 4.78 is 5.65. The summed E-state index contributed by atoms with van der Waals surface area (Å²) in [6.07, 6.45) is 1.32. The van der Waals surface area contributed by atoms with Gasteiger partial charge in [0.1, 0.15) is 0 Å². The number of aromatic nitrogens is 2. The zero-order valence-corrected chi connectivity index (χ0v) is 8.58. The van der Waals surface area contributed by atoms with Gasteiger partial charge >= 0.3 is 0 Å². The quantitative estimate of drug-likeness (QED) is 0.767. The molecule has 1 aromatic carbocycles. The molecule has 0 aliphatic carbocycles. The van der Waals surface area contributed by atoms with Gasteiger partial charge < -0.3 is 4.52 Å². The van der Waals surface area contributed by atoms with E-state index in [1.54, 1.807) is 0 Å². The summed E-state index contributed by atoms with van der Waals surface area (Å²) in [5.41, 5.74) is 2.14. The fraction of sp³-hybridized carbons (Fsp3) is 0.111. The van der Waals surface area contributed by atoms with Crippen molar-refractivity contribution in [3.05, 3.63) is 34.6 Å². The van der Waals surface area contributed by atoms with Crippen molar-refractivity contribution >= 4 is 15.9 Å². The lowest BCUT2D eigenvalue weighted by molar-refractivity contribution is 0.418. The van der Waals surface area contributed by atoms with Crippen LogP contribution in [-0.2, 0) is 0 Å². The zero-order valence-electron chi connectivity index (χ0n) is 6.99. The highest BCUT2D eigenvalue weighted by atomic mass is 79.9. The van der Waals surface area contributed by atoms with Gasteiger partial charge in [-0.25, -0.2) is 0 Å². The van der Waals surface area contributed by atoms with E-state index in [4.69, 9.17) is 0 Å². The van der Waals surface area contributed by atoms with Gasteiger partial charge in [-0.15, -0.1) is 0 Å². The number of rotatable bonds is 1. The van der Waals surface area contributed by atoms with Crippen LogP contribution in [0.5, 0.6) is 0 Å². The van der Waals surface area contributed by atoms with Crippen LogP contribution in [-0.4, -0.2) is 10.1 Å². The summed E-state index contributed by atoms with van der Waals surface area (Å²) in [7, 11) is 0. The number of aryl methyl sites for hydroxylation is 1. The van der Waals surface area contributed by atoms with E-state index < -0.39 is 0 Å². The molecule has 2 rings (SSSR count). The normalized spacial score (nSPS) is 10.3. The first-order valence-corrected chi connectivity index (χ1v) is 4.59. The molecule has 0 amide bonds. The lowest BCUT2D eigenvalue weighted by Gasteiger charge is -1.99. The van der Waals surface area contributed by atoms with Crippen molar-refractivity contribution in [2.75, 3.05) is 0 Å². The molecule has 1 heterocycles. The molecule has 0 atom stereocenters. The maximum Gasteiger partial charge on any atom is 0.214 e.